The standard InChI is InChI=1S/C9H18NO4P/c1-4-13-15(12,14-5-2)9-6-7-10(11)8(9)3/h7-9H,4-6H2,1-3H3/i6D2,7D. The molecule has 1 aliphatic heterocycles. The van der Waals surface area contributed by atoms with Crippen molar-refractivity contribution in [2.75, 3.05) is 13.2 Å². The van der Waals surface area contributed by atoms with Crippen LogP contribution in [0.25, 0.3) is 0 Å². The summed E-state index contributed by atoms with van der Waals surface area (Å²) in [5, 5.41) is 11.6. The molecule has 0 radical (unpaired) electrons. The quantitative estimate of drug-likeness (QED) is 0.417. The Morgan fingerprint density at radius 1 is 1.67 bits per heavy atom. The van der Waals surface area contributed by atoms with Crippen molar-refractivity contribution in [1.82, 2.24) is 0 Å². The summed E-state index contributed by atoms with van der Waals surface area (Å²) in [5.41, 5.74) is -1.28. The second-order valence-electron chi connectivity index (χ2n) is 3.14. The Labute approximate surface area is 94.4 Å². The van der Waals surface area contributed by atoms with Gasteiger partial charge >= 0.3 is 7.60 Å². The molecule has 0 aromatic carbocycles. The molecule has 0 fully saturated rings. The second kappa shape index (κ2) is 5.10. The summed E-state index contributed by atoms with van der Waals surface area (Å²) < 4.78 is 46.0. The molecule has 6 heteroatoms. The molecule has 1 aliphatic rings. The van der Waals surface area contributed by atoms with Crippen molar-refractivity contribution >= 4 is 13.8 Å². The minimum absolute atomic E-state index is 0.0861. The lowest BCUT2D eigenvalue weighted by Gasteiger charge is -2.24. The van der Waals surface area contributed by atoms with Crippen LogP contribution >= 0.6 is 7.60 Å². The molecule has 0 bridgehead atoms. The molecule has 0 amide bonds. The van der Waals surface area contributed by atoms with Gasteiger partial charge in [-0.2, -0.15) is 0 Å². The van der Waals surface area contributed by atoms with E-state index in [0.29, 0.717) is 0 Å². The van der Waals surface area contributed by atoms with Gasteiger partial charge in [0.25, 0.3) is 0 Å². The van der Waals surface area contributed by atoms with Gasteiger partial charge in [0.15, 0.2) is 12.2 Å². The zero-order valence-corrected chi connectivity index (χ0v) is 9.99. The van der Waals surface area contributed by atoms with E-state index in [4.69, 9.17) is 13.2 Å². The fraction of sp³-hybridized carbons (Fsp3) is 0.889. The molecule has 0 saturated carbocycles. The van der Waals surface area contributed by atoms with Crippen molar-refractivity contribution in [3.8, 4) is 0 Å². The highest BCUT2D eigenvalue weighted by atomic mass is 31.2. The smallest absolute Gasteiger partial charge is 0.340 e. The summed E-state index contributed by atoms with van der Waals surface area (Å²) in [7, 11) is -3.78. The van der Waals surface area contributed by atoms with E-state index in [1.54, 1.807) is 13.8 Å². The summed E-state index contributed by atoms with van der Waals surface area (Å²) in [4.78, 5) is 0. The van der Waals surface area contributed by atoms with Crippen LogP contribution in [0.4, 0.5) is 0 Å². The molecule has 0 aromatic heterocycles. The molecule has 15 heavy (non-hydrogen) atoms. The van der Waals surface area contributed by atoms with Crippen LogP contribution in [0.5, 0.6) is 0 Å². The molecule has 0 N–H and O–H groups in total. The van der Waals surface area contributed by atoms with Gasteiger partial charge in [0, 0.05) is 9.11 Å². The van der Waals surface area contributed by atoms with Crippen molar-refractivity contribution in [1.29, 1.82) is 0 Å². The maximum Gasteiger partial charge on any atom is 0.340 e. The van der Waals surface area contributed by atoms with Crippen LogP contribution in [0.1, 0.15) is 31.3 Å². The maximum atomic E-state index is 12.6. The Morgan fingerprint density at radius 2 is 2.20 bits per heavy atom. The Morgan fingerprint density at radius 3 is 2.53 bits per heavy atom. The average Bonchev–Trinajstić information content (AvgIpc) is 2.40. The molecular weight excluding hydrogens is 217 g/mol. The molecule has 2 atom stereocenters. The first kappa shape index (κ1) is 8.74. The minimum Gasteiger partial charge on any atom is -0.624 e. The predicted octanol–water partition coefficient (Wildman–Crippen LogP) is 1.99. The zero-order chi connectivity index (χ0) is 14.1. The van der Waals surface area contributed by atoms with Crippen LogP contribution < -0.4 is 0 Å². The van der Waals surface area contributed by atoms with E-state index >= 15 is 0 Å². The van der Waals surface area contributed by atoms with Crippen LogP contribution in [0.3, 0.4) is 0 Å². The van der Waals surface area contributed by atoms with Gasteiger partial charge in [0.05, 0.1) is 13.2 Å². The highest BCUT2D eigenvalue weighted by Gasteiger charge is 2.46. The van der Waals surface area contributed by atoms with Crippen molar-refractivity contribution in [2.45, 2.75) is 38.8 Å². The Hall–Kier alpha value is -0.380. The normalized spacial score (nSPS) is 33.7. The average molecular weight is 238 g/mol. The summed E-state index contributed by atoms with van der Waals surface area (Å²) >= 11 is 0. The Bertz CT molecular complexity index is 391. The lowest BCUT2D eigenvalue weighted by Crippen LogP contribution is -2.26. The van der Waals surface area contributed by atoms with Gasteiger partial charge in [0.2, 0.25) is 0 Å². The molecular formula is C9H18NO4P. The molecule has 88 valence electrons. The topological polar surface area (TPSA) is 61.6 Å². The van der Waals surface area contributed by atoms with Crippen molar-refractivity contribution in [3.05, 3.63) is 5.21 Å². The van der Waals surface area contributed by atoms with E-state index in [0.717, 1.165) is 0 Å². The van der Waals surface area contributed by atoms with E-state index in [-0.39, 0.29) is 18.0 Å². The van der Waals surface area contributed by atoms with E-state index < -0.39 is 31.9 Å². The Kier molecular flexibility index (Phi) is 2.97. The third kappa shape index (κ3) is 2.60. The molecule has 5 nitrogen and oxygen atoms in total. The highest BCUT2D eigenvalue weighted by Crippen LogP contribution is 2.56. The number of rotatable bonds is 5. The molecule has 1 heterocycles. The van der Waals surface area contributed by atoms with Gasteiger partial charge in [-0.15, -0.1) is 0 Å². The fourth-order valence-corrected chi connectivity index (χ4v) is 3.36. The molecule has 0 aliphatic carbocycles. The summed E-state index contributed by atoms with van der Waals surface area (Å²) in [6.07, 6.45) is -3.05. The van der Waals surface area contributed by atoms with Gasteiger partial charge in [-0.1, -0.05) is 0 Å². The SMILES string of the molecule is [2H]C1=[N+]([O-])C(C)C(P(=O)(OCC)OCC)C1([2H])[2H]. The minimum atomic E-state index is -3.78. The first-order chi connectivity index (χ1) is 8.22. The van der Waals surface area contributed by atoms with Crippen LogP contribution in [0, 0.1) is 5.21 Å². The third-order valence-electron chi connectivity index (χ3n) is 2.11. The fourth-order valence-electron chi connectivity index (χ4n) is 1.38. The van der Waals surface area contributed by atoms with Gasteiger partial charge in [-0.05, 0) is 20.8 Å². The molecule has 0 saturated heterocycles. The number of nitrogens with zero attached hydrogens (tertiary/aromatic N) is 1. The zero-order valence-electron chi connectivity index (χ0n) is 12.1. The first-order valence-corrected chi connectivity index (χ1v) is 6.52. The van der Waals surface area contributed by atoms with Gasteiger partial charge < -0.3 is 14.3 Å². The highest BCUT2D eigenvalue weighted by molar-refractivity contribution is 7.54. The van der Waals surface area contributed by atoms with E-state index in [1.807, 2.05) is 0 Å². The largest absolute Gasteiger partial charge is 0.624 e. The van der Waals surface area contributed by atoms with Crippen molar-refractivity contribution < 1.29 is 22.5 Å². The number of hydrogen-bond acceptors (Lipinski definition) is 4. The molecule has 0 spiro atoms. The number of hydroxylamine groups is 1. The summed E-state index contributed by atoms with van der Waals surface area (Å²) in [5.74, 6) is 0. The lowest BCUT2D eigenvalue weighted by atomic mass is 10.2. The predicted molar refractivity (Wildman–Crippen MR) is 58.4 cm³/mol. The van der Waals surface area contributed by atoms with Gasteiger partial charge in [0.1, 0.15) is 7.03 Å². The third-order valence-corrected chi connectivity index (χ3v) is 4.59. The van der Waals surface area contributed by atoms with E-state index in [1.165, 1.54) is 6.92 Å². The van der Waals surface area contributed by atoms with Gasteiger partial charge in [-0.3, -0.25) is 4.57 Å². The molecule has 0 aromatic rings. The molecule has 2 unspecified atom stereocenters. The second-order valence-corrected chi connectivity index (χ2v) is 5.30. The van der Waals surface area contributed by atoms with Crippen LogP contribution in [-0.4, -0.2) is 35.8 Å². The number of hydrogen-bond donors (Lipinski definition) is 0. The van der Waals surface area contributed by atoms with E-state index in [9.17, 15) is 9.77 Å². The van der Waals surface area contributed by atoms with Crippen LogP contribution in [-0.2, 0) is 13.6 Å². The van der Waals surface area contributed by atoms with E-state index in [2.05, 4.69) is 0 Å². The van der Waals surface area contributed by atoms with Crippen molar-refractivity contribution in [2.24, 2.45) is 0 Å². The summed E-state index contributed by atoms with van der Waals surface area (Å²) in [6.45, 7) is 4.82. The Balaban J connectivity index is 3.19. The lowest BCUT2D eigenvalue weighted by molar-refractivity contribution is -0.482. The van der Waals surface area contributed by atoms with Crippen LogP contribution in [0.2, 0.25) is 0 Å². The van der Waals surface area contributed by atoms with Crippen LogP contribution in [0.15, 0.2) is 0 Å². The first-order valence-electron chi connectivity index (χ1n) is 6.41. The van der Waals surface area contributed by atoms with Crippen molar-refractivity contribution in [3.63, 3.8) is 0 Å². The monoisotopic (exact) mass is 238 g/mol. The maximum absolute atomic E-state index is 12.6. The molecule has 1 rings (SSSR count). The van der Waals surface area contributed by atoms with Gasteiger partial charge in [-0.25, -0.2) is 4.74 Å². The summed E-state index contributed by atoms with van der Waals surface area (Å²) in [6, 6.07) is -0.962.